The van der Waals surface area contributed by atoms with Crippen molar-refractivity contribution in [1.82, 2.24) is 4.90 Å². The Morgan fingerprint density at radius 2 is 1.90 bits per heavy atom. The van der Waals surface area contributed by atoms with Gasteiger partial charge in [0.15, 0.2) is 0 Å². The zero-order valence-corrected chi connectivity index (χ0v) is 18.4. The van der Waals surface area contributed by atoms with E-state index >= 15 is 0 Å². The quantitative estimate of drug-likeness (QED) is 0.773. The molecule has 8 atom stereocenters. The molecule has 0 spiro atoms. The average Bonchev–Trinajstić information content (AvgIpc) is 3.04. The van der Waals surface area contributed by atoms with Crippen LogP contribution >= 0.6 is 0 Å². The topological polar surface area (TPSA) is 40.5 Å². The van der Waals surface area contributed by atoms with Crippen molar-refractivity contribution < 1.29 is 14.3 Å². The molecule has 4 aliphatic rings. The Labute approximate surface area is 179 Å². The molecule has 3 unspecified atom stereocenters. The molecule has 4 heteroatoms. The van der Waals surface area contributed by atoms with Crippen molar-refractivity contribution in [2.75, 3.05) is 7.05 Å². The van der Waals surface area contributed by atoms with Gasteiger partial charge in [0.1, 0.15) is 5.82 Å². The highest BCUT2D eigenvalue weighted by Gasteiger charge is 2.61. The number of amides is 1. The van der Waals surface area contributed by atoms with Crippen LogP contribution in [-0.4, -0.2) is 35.1 Å². The predicted molar refractivity (Wildman–Crippen MR) is 115 cm³/mol. The lowest BCUT2D eigenvalue weighted by Crippen LogP contribution is -2.63. The van der Waals surface area contributed by atoms with Crippen molar-refractivity contribution in [2.45, 2.75) is 64.5 Å². The lowest BCUT2D eigenvalue weighted by molar-refractivity contribution is -0.154. The average molecular weight is 412 g/mol. The Bertz CT molecular complexity index is 866. The Balaban J connectivity index is 1.41. The highest BCUT2D eigenvalue weighted by molar-refractivity contribution is 5.89. The second-order valence-electron chi connectivity index (χ2n) is 11.1. The lowest BCUT2D eigenvalue weighted by atomic mass is 9.48. The predicted octanol–water partition coefficient (Wildman–Crippen LogP) is 4.59. The smallest absolute Gasteiger partial charge is 0.246 e. The molecular weight excluding hydrogens is 377 g/mol. The van der Waals surface area contributed by atoms with Crippen molar-refractivity contribution in [3.63, 3.8) is 0 Å². The van der Waals surface area contributed by atoms with E-state index < -0.39 is 0 Å². The maximum atomic E-state index is 13.3. The Kier molecular flexibility index (Phi) is 4.66. The fourth-order valence-electron chi connectivity index (χ4n) is 8.00. The Hall–Kier alpha value is -1.68. The van der Waals surface area contributed by atoms with E-state index in [1.807, 2.05) is 24.1 Å². The van der Waals surface area contributed by atoms with Gasteiger partial charge in [0.05, 0.1) is 6.10 Å². The van der Waals surface area contributed by atoms with Crippen molar-refractivity contribution >= 4 is 5.91 Å². The van der Waals surface area contributed by atoms with Crippen molar-refractivity contribution in [3.05, 3.63) is 47.8 Å². The molecule has 5 rings (SSSR count). The Morgan fingerprint density at radius 1 is 1.17 bits per heavy atom. The van der Waals surface area contributed by atoms with Crippen LogP contribution in [0.4, 0.5) is 4.39 Å². The lowest BCUT2D eigenvalue weighted by Gasteiger charge is -2.61. The molecule has 1 aromatic rings. The molecule has 3 fully saturated rings. The summed E-state index contributed by atoms with van der Waals surface area (Å²) in [6.45, 7) is 4.75. The third-order valence-electron chi connectivity index (χ3n) is 9.46. The molecule has 0 aromatic heterocycles. The molecule has 1 heterocycles. The van der Waals surface area contributed by atoms with Gasteiger partial charge in [-0.3, -0.25) is 4.79 Å². The SMILES string of the molecule is CN1C(=O)C=C[C@@]2(C)C1CC(O)[C@@H]1[C@H]2CC[C@]2(C)CC(Cc3ccc(F)cc3)C[C@@H]12. The zero-order chi connectivity index (χ0) is 21.3. The van der Waals surface area contributed by atoms with E-state index in [4.69, 9.17) is 0 Å². The van der Waals surface area contributed by atoms with Crippen LogP contribution in [0.3, 0.4) is 0 Å². The summed E-state index contributed by atoms with van der Waals surface area (Å²) >= 11 is 0. The molecule has 0 bridgehead atoms. The first-order valence-corrected chi connectivity index (χ1v) is 11.6. The molecule has 30 heavy (non-hydrogen) atoms. The fourth-order valence-corrected chi connectivity index (χ4v) is 8.00. The first-order chi connectivity index (χ1) is 14.2. The molecular formula is C26H34FNO2. The maximum Gasteiger partial charge on any atom is 0.246 e. The molecule has 3 nitrogen and oxygen atoms in total. The molecule has 1 amide bonds. The van der Waals surface area contributed by atoms with Gasteiger partial charge in [0.25, 0.3) is 0 Å². The monoisotopic (exact) mass is 411 g/mol. The van der Waals surface area contributed by atoms with Crippen LogP contribution in [-0.2, 0) is 11.2 Å². The second-order valence-corrected chi connectivity index (χ2v) is 11.1. The number of aliphatic hydroxyl groups is 1. The van der Waals surface area contributed by atoms with Gasteiger partial charge in [0, 0.05) is 18.5 Å². The highest BCUT2D eigenvalue weighted by atomic mass is 19.1. The summed E-state index contributed by atoms with van der Waals surface area (Å²) in [6.07, 6.45) is 9.91. The second kappa shape index (κ2) is 6.91. The van der Waals surface area contributed by atoms with E-state index in [2.05, 4.69) is 19.9 Å². The fraction of sp³-hybridized carbons (Fsp3) is 0.654. The van der Waals surface area contributed by atoms with Crippen molar-refractivity contribution in [3.8, 4) is 0 Å². The molecule has 162 valence electrons. The minimum absolute atomic E-state index is 0.0526. The van der Waals surface area contributed by atoms with Gasteiger partial charge in [-0.05, 0) is 91.4 Å². The minimum Gasteiger partial charge on any atom is -0.393 e. The molecule has 1 aliphatic heterocycles. The number of carbonyl (C=O) groups is 1. The summed E-state index contributed by atoms with van der Waals surface area (Å²) < 4.78 is 13.3. The molecule has 3 aliphatic carbocycles. The van der Waals surface area contributed by atoms with E-state index in [-0.39, 0.29) is 34.7 Å². The number of halogens is 1. The number of rotatable bonds is 2. The van der Waals surface area contributed by atoms with E-state index in [0.717, 1.165) is 19.3 Å². The van der Waals surface area contributed by atoms with Crippen molar-refractivity contribution in [2.24, 2.45) is 34.5 Å². The van der Waals surface area contributed by atoms with E-state index in [9.17, 15) is 14.3 Å². The van der Waals surface area contributed by atoms with Crippen LogP contribution in [0, 0.1) is 40.3 Å². The number of aliphatic hydroxyl groups excluding tert-OH is 1. The largest absolute Gasteiger partial charge is 0.393 e. The number of nitrogens with zero attached hydrogens (tertiary/aromatic N) is 1. The van der Waals surface area contributed by atoms with Gasteiger partial charge >= 0.3 is 0 Å². The van der Waals surface area contributed by atoms with Gasteiger partial charge in [0.2, 0.25) is 5.91 Å². The van der Waals surface area contributed by atoms with Crippen molar-refractivity contribution in [1.29, 1.82) is 0 Å². The summed E-state index contributed by atoms with van der Waals surface area (Å²) in [5, 5.41) is 11.3. The minimum atomic E-state index is -0.343. The highest BCUT2D eigenvalue weighted by Crippen LogP contribution is 2.65. The number of carbonyl (C=O) groups excluding carboxylic acids is 1. The first-order valence-electron chi connectivity index (χ1n) is 11.6. The summed E-state index contributed by atoms with van der Waals surface area (Å²) in [4.78, 5) is 14.1. The van der Waals surface area contributed by atoms with E-state index in [0.29, 0.717) is 30.1 Å². The van der Waals surface area contributed by atoms with Crippen LogP contribution in [0.15, 0.2) is 36.4 Å². The maximum absolute atomic E-state index is 13.3. The number of hydrogen-bond acceptors (Lipinski definition) is 2. The zero-order valence-electron chi connectivity index (χ0n) is 18.4. The summed E-state index contributed by atoms with van der Waals surface area (Å²) in [5.41, 5.74) is 1.44. The molecule has 3 saturated carbocycles. The standard InChI is InChI=1S/C26H34FNO2/c1-25-10-8-19-24(21(29)14-22-26(19,2)11-9-23(30)28(22)3)20(25)13-17(15-25)12-16-4-6-18(27)7-5-16/h4-7,9,11,17,19-22,24,29H,8,10,12-15H2,1-3H3/t17?,19-,20+,21?,22?,24-,25-,26-/m1/s1. The van der Waals surface area contributed by atoms with Crippen LogP contribution in [0.2, 0.25) is 0 Å². The van der Waals surface area contributed by atoms with Gasteiger partial charge in [-0.25, -0.2) is 4.39 Å². The number of benzene rings is 1. The molecule has 1 N–H and O–H groups in total. The molecule has 0 saturated heterocycles. The normalized spacial score (nSPS) is 45.1. The Morgan fingerprint density at radius 3 is 2.63 bits per heavy atom. The third-order valence-corrected chi connectivity index (χ3v) is 9.46. The van der Waals surface area contributed by atoms with Gasteiger partial charge in [-0.2, -0.15) is 0 Å². The van der Waals surface area contributed by atoms with Gasteiger partial charge < -0.3 is 10.0 Å². The third kappa shape index (κ3) is 2.97. The first kappa shape index (κ1) is 20.2. The summed E-state index contributed by atoms with van der Waals surface area (Å²) in [5.74, 6) is 1.71. The van der Waals surface area contributed by atoms with Crippen LogP contribution in [0.1, 0.15) is 51.5 Å². The number of likely N-dealkylation sites (N-methyl/N-ethyl adjacent to an activating group) is 1. The summed E-state index contributed by atoms with van der Waals surface area (Å²) in [7, 11) is 1.89. The van der Waals surface area contributed by atoms with E-state index in [1.165, 1.54) is 18.4 Å². The van der Waals surface area contributed by atoms with Gasteiger partial charge in [-0.1, -0.05) is 32.1 Å². The summed E-state index contributed by atoms with van der Waals surface area (Å²) in [6, 6.07) is 7.06. The van der Waals surface area contributed by atoms with Crippen LogP contribution in [0.25, 0.3) is 0 Å². The van der Waals surface area contributed by atoms with E-state index in [1.54, 1.807) is 18.2 Å². The number of fused-ring (bicyclic) bond motifs is 5. The van der Waals surface area contributed by atoms with Crippen LogP contribution in [0.5, 0.6) is 0 Å². The number of hydrogen-bond donors (Lipinski definition) is 1. The van der Waals surface area contributed by atoms with Crippen LogP contribution < -0.4 is 0 Å². The molecule has 1 aromatic carbocycles. The molecule has 0 radical (unpaired) electrons. The van der Waals surface area contributed by atoms with Gasteiger partial charge in [-0.15, -0.1) is 0 Å².